The van der Waals surface area contributed by atoms with Gasteiger partial charge in [0.05, 0.1) is 0 Å². The van der Waals surface area contributed by atoms with Crippen LogP contribution < -0.4 is 16.4 Å². The maximum atomic E-state index is 12.4. The molecule has 126 valence electrons. The summed E-state index contributed by atoms with van der Waals surface area (Å²) in [6.07, 6.45) is 5.25. The van der Waals surface area contributed by atoms with Crippen LogP contribution in [0.5, 0.6) is 0 Å². The number of pyridine rings is 1. The van der Waals surface area contributed by atoms with E-state index in [2.05, 4.69) is 29.5 Å². The van der Waals surface area contributed by atoms with Crippen molar-refractivity contribution in [2.75, 3.05) is 10.6 Å². The topological polar surface area (TPSA) is 97.1 Å². The summed E-state index contributed by atoms with van der Waals surface area (Å²) in [7, 11) is 0. The molecule has 1 heterocycles. The van der Waals surface area contributed by atoms with Gasteiger partial charge in [0, 0.05) is 36.3 Å². The molecule has 0 saturated heterocycles. The Bertz CT molecular complexity index is 572. The zero-order valence-electron chi connectivity index (χ0n) is 14.1. The number of aromatic nitrogens is 1. The zero-order chi connectivity index (χ0) is 17.0. The number of rotatable bonds is 4. The van der Waals surface area contributed by atoms with Gasteiger partial charge in [0.25, 0.3) is 0 Å². The second kappa shape index (κ2) is 7.08. The number of carbonyl (C=O) groups excluding carboxylic acids is 2. The highest BCUT2D eigenvalue weighted by atomic mass is 16.2. The fraction of sp³-hybridized carbons (Fsp3) is 0.588. The van der Waals surface area contributed by atoms with Crippen LogP contribution in [0, 0.1) is 11.8 Å². The van der Waals surface area contributed by atoms with Crippen LogP contribution in [0.3, 0.4) is 0 Å². The van der Waals surface area contributed by atoms with Crippen molar-refractivity contribution in [2.24, 2.45) is 17.6 Å². The molecular formula is C17H26N4O2. The molecule has 0 bridgehead atoms. The van der Waals surface area contributed by atoms with Crippen LogP contribution in [0.15, 0.2) is 18.3 Å². The van der Waals surface area contributed by atoms with Gasteiger partial charge in [0.1, 0.15) is 5.82 Å². The predicted molar refractivity (Wildman–Crippen MR) is 90.9 cm³/mol. The van der Waals surface area contributed by atoms with E-state index in [-0.39, 0.29) is 23.3 Å². The third-order valence-electron chi connectivity index (χ3n) is 4.48. The second-order valence-electron chi connectivity index (χ2n) is 6.97. The molecule has 0 spiro atoms. The fourth-order valence-corrected chi connectivity index (χ4v) is 3.10. The van der Waals surface area contributed by atoms with E-state index in [0.717, 1.165) is 25.7 Å². The Hall–Kier alpha value is -1.95. The minimum Gasteiger partial charge on any atom is -0.326 e. The van der Waals surface area contributed by atoms with Crippen LogP contribution in [0.2, 0.25) is 0 Å². The van der Waals surface area contributed by atoms with E-state index >= 15 is 0 Å². The Morgan fingerprint density at radius 2 is 1.87 bits per heavy atom. The molecule has 1 aromatic rings. The SMILES string of the molecule is CC(=O)Nc1cc(NC(=O)[C@H]2CC[C@H](C(C)(C)N)CC2)ccn1. The number of nitrogens with zero attached hydrogens (tertiary/aromatic N) is 1. The molecule has 0 unspecified atom stereocenters. The molecule has 0 atom stereocenters. The fourth-order valence-electron chi connectivity index (χ4n) is 3.10. The predicted octanol–water partition coefficient (Wildman–Crippen LogP) is 2.52. The number of amides is 2. The molecule has 6 nitrogen and oxygen atoms in total. The van der Waals surface area contributed by atoms with Crippen LogP contribution in [0.4, 0.5) is 11.5 Å². The molecule has 2 rings (SSSR count). The van der Waals surface area contributed by atoms with Crippen LogP contribution in [0.1, 0.15) is 46.5 Å². The highest BCUT2D eigenvalue weighted by Gasteiger charge is 2.32. The Labute approximate surface area is 137 Å². The Balaban J connectivity index is 1.92. The van der Waals surface area contributed by atoms with Crippen molar-refractivity contribution in [3.8, 4) is 0 Å². The number of anilines is 2. The summed E-state index contributed by atoms with van der Waals surface area (Å²) in [4.78, 5) is 27.5. The highest BCUT2D eigenvalue weighted by Crippen LogP contribution is 2.34. The van der Waals surface area contributed by atoms with Crippen molar-refractivity contribution >= 4 is 23.3 Å². The molecular weight excluding hydrogens is 292 g/mol. The normalized spacial score (nSPS) is 21.6. The number of hydrogen-bond donors (Lipinski definition) is 3. The summed E-state index contributed by atoms with van der Waals surface area (Å²) in [6.45, 7) is 5.53. The average molecular weight is 318 g/mol. The molecule has 1 aliphatic carbocycles. The van der Waals surface area contributed by atoms with E-state index < -0.39 is 0 Å². The molecule has 6 heteroatoms. The van der Waals surface area contributed by atoms with E-state index in [0.29, 0.717) is 17.4 Å². The van der Waals surface area contributed by atoms with Gasteiger partial charge in [-0.1, -0.05) is 0 Å². The lowest BCUT2D eigenvalue weighted by Crippen LogP contribution is -2.43. The van der Waals surface area contributed by atoms with Gasteiger partial charge in [-0.3, -0.25) is 9.59 Å². The second-order valence-corrected chi connectivity index (χ2v) is 6.97. The summed E-state index contributed by atoms with van der Waals surface area (Å²) >= 11 is 0. The standard InChI is InChI=1S/C17H26N4O2/c1-11(22)20-15-10-14(8-9-19-15)21-16(23)12-4-6-13(7-5-12)17(2,3)18/h8-10,12-13H,4-7,18H2,1-3H3,(H2,19,20,21,22,23)/t12-,13-. The summed E-state index contributed by atoms with van der Waals surface area (Å²) in [5, 5.41) is 5.52. The molecule has 1 aromatic heterocycles. The summed E-state index contributed by atoms with van der Waals surface area (Å²) < 4.78 is 0. The Morgan fingerprint density at radius 3 is 2.43 bits per heavy atom. The van der Waals surface area contributed by atoms with E-state index in [1.54, 1.807) is 18.3 Å². The van der Waals surface area contributed by atoms with Gasteiger partial charge in [0.15, 0.2) is 0 Å². The lowest BCUT2D eigenvalue weighted by atomic mass is 9.73. The molecule has 2 amide bonds. The third kappa shape index (κ3) is 5.03. The van der Waals surface area contributed by atoms with E-state index in [1.807, 2.05) is 0 Å². The first-order valence-electron chi connectivity index (χ1n) is 8.09. The molecule has 0 radical (unpaired) electrons. The summed E-state index contributed by atoms with van der Waals surface area (Å²) in [5.74, 6) is 0.760. The van der Waals surface area contributed by atoms with Gasteiger partial charge in [-0.25, -0.2) is 4.98 Å². The maximum Gasteiger partial charge on any atom is 0.227 e. The van der Waals surface area contributed by atoms with E-state index in [9.17, 15) is 9.59 Å². The van der Waals surface area contributed by atoms with Crippen LogP contribution in [-0.2, 0) is 9.59 Å². The number of carbonyl (C=O) groups is 2. The van der Waals surface area contributed by atoms with Crippen molar-refractivity contribution < 1.29 is 9.59 Å². The Morgan fingerprint density at radius 1 is 1.22 bits per heavy atom. The smallest absolute Gasteiger partial charge is 0.227 e. The van der Waals surface area contributed by atoms with Crippen molar-refractivity contribution in [2.45, 2.75) is 52.0 Å². The largest absolute Gasteiger partial charge is 0.326 e. The highest BCUT2D eigenvalue weighted by molar-refractivity contribution is 5.94. The quantitative estimate of drug-likeness (QED) is 0.794. The monoisotopic (exact) mass is 318 g/mol. The molecule has 4 N–H and O–H groups in total. The molecule has 1 aliphatic rings. The molecule has 1 fully saturated rings. The van der Waals surface area contributed by atoms with Gasteiger partial charge >= 0.3 is 0 Å². The lowest BCUT2D eigenvalue weighted by Gasteiger charge is -2.36. The average Bonchev–Trinajstić information content (AvgIpc) is 2.46. The minimum atomic E-state index is -0.191. The van der Waals surface area contributed by atoms with Crippen LogP contribution >= 0.6 is 0 Å². The summed E-state index contributed by atoms with van der Waals surface area (Å²) in [5.41, 5.74) is 6.64. The first-order chi connectivity index (χ1) is 10.8. The number of hydrogen-bond acceptors (Lipinski definition) is 4. The Kier molecular flexibility index (Phi) is 5.36. The maximum absolute atomic E-state index is 12.4. The van der Waals surface area contributed by atoms with Crippen molar-refractivity contribution in [1.82, 2.24) is 4.98 Å². The first-order valence-corrected chi connectivity index (χ1v) is 8.09. The third-order valence-corrected chi connectivity index (χ3v) is 4.48. The zero-order valence-corrected chi connectivity index (χ0v) is 14.1. The van der Waals surface area contributed by atoms with Gasteiger partial charge in [-0.15, -0.1) is 0 Å². The first kappa shape index (κ1) is 17.4. The minimum absolute atomic E-state index is 0.0194. The van der Waals surface area contributed by atoms with E-state index in [4.69, 9.17) is 5.73 Å². The van der Waals surface area contributed by atoms with E-state index in [1.165, 1.54) is 6.92 Å². The molecule has 1 saturated carbocycles. The lowest BCUT2D eigenvalue weighted by molar-refractivity contribution is -0.121. The van der Waals surface area contributed by atoms with Gasteiger partial charge in [-0.2, -0.15) is 0 Å². The summed E-state index contributed by atoms with van der Waals surface area (Å²) in [6, 6.07) is 3.38. The van der Waals surface area contributed by atoms with Gasteiger partial charge < -0.3 is 16.4 Å². The van der Waals surface area contributed by atoms with Crippen molar-refractivity contribution in [1.29, 1.82) is 0 Å². The van der Waals surface area contributed by atoms with Gasteiger partial charge in [0.2, 0.25) is 11.8 Å². The number of nitrogens with one attached hydrogen (secondary N) is 2. The molecule has 0 aliphatic heterocycles. The number of nitrogens with two attached hydrogens (primary N) is 1. The van der Waals surface area contributed by atoms with Crippen LogP contribution in [0.25, 0.3) is 0 Å². The van der Waals surface area contributed by atoms with Crippen molar-refractivity contribution in [3.63, 3.8) is 0 Å². The van der Waals surface area contributed by atoms with Gasteiger partial charge in [-0.05, 0) is 51.5 Å². The molecule has 0 aromatic carbocycles. The van der Waals surface area contributed by atoms with Crippen molar-refractivity contribution in [3.05, 3.63) is 18.3 Å². The molecule has 23 heavy (non-hydrogen) atoms. The van der Waals surface area contributed by atoms with Crippen LogP contribution in [-0.4, -0.2) is 22.3 Å².